The van der Waals surface area contributed by atoms with E-state index in [0.717, 1.165) is 67.8 Å². The lowest BCUT2D eigenvalue weighted by atomic mass is 9.91. The Kier molecular flexibility index (Phi) is 6.28. The largest absolute Gasteiger partial charge is 0.369 e. The molecule has 2 atom stereocenters. The number of hydrogen-bond acceptors (Lipinski definition) is 5. The van der Waals surface area contributed by atoms with Crippen LogP contribution in [0.3, 0.4) is 0 Å². The second-order valence-electron chi connectivity index (χ2n) is 8.02. The molecule has 0 spiro atoms. The molecule has 0 unspecified atom stereocenters. The highest BCUT2D eigenvalue weighted by atomic mass is 16.1. The zero-order valence-electron chi connectivity index (χ0n) is 17.5. The van der Waals surface area contributed by atoms with Crippen LogP contribution in [0.15, 0.2) is 42.6 Å². The van der Waals surface area contributed by atoms with Gasteiger partial charge >= 0.3 is 0 Å². The molecule has 1 aromatic carbocycles. The maximum absolute atomic E-state index is 12.6. The van der Waals surface area contributed by atoms with E-state index in [0.29, 0.717) is 5.56 Å². The van der Waals surface area contributed by atoms with Crippen molar-refractivity contribution in [2.45, 2.75) is 57.5 Å². The van der Waals surface area contributed by atoms with E-state index in [1.165, 1.54) is 0 Å². The highest BCUT2D eigenvalue weighted by Crippen LogP contribution is 2.22. The monoisotopic (exact) mass is 406 g/mol. The summed E-state index contributed by atoms with van der Waals surface area (Å²) >= 11 is 0. The Balaban J connectivity index is 1.50. The lowest BCUT2D eigenvalue weighted by Crippen LogP contribution is -2.49. The molecule has 2 heterocycles. The van der Waals surface area contributed by atoms with Crippen LogP contribution in [0, 0.1) is 0 Å². The molecule has 0 aliphatic heterocycles. The third-order valence-corrected chi connectivity index (χ3v) is 5.78. The molecule has 0 saturated heterocycles. The summed E-state index contributed by atoms with van der Waals surface area (Å²) in [6, 6.07) is 11.6. The molecular formula is C23H30N6O. The lowest BCUT2D eigenvalue weighted by Gasteiger charge is -2.29. The van der Waals surface area contributed by atoms with Crippen molar-refractivity contribution in [3.8, 4) is 11.3 Å². The molecule has 30 heavy (non-hydrogen) atoms. The molecule has 1 amide bonds. The number of imidazole rings is 1. The predicted octanol–water partition coefficient (Wildman–Crippen LogP) is 3.61. The number of carbonyl (C=O) groups excluding carboxylic acids is 1. The Morgan fingerprint density at radius 3 is 2.73 bits per heavy atom. The minimum atomic E-state index is -0.0671. The summed E-state index contributed by atoms with van der Waals surface area (Å²) in [6.45, 7) is 3.06. The maximum Gasteiger partial charge on any atom is 0.251 e. The highest BCUT2D eigenvalue weighted by Gasteiger charge is 2.23. The summed E-state index contributed by atoms with van der Waals surface area (Å²) in [5.41, 5.74) is 9.45. The minimum Gasteiger partial charge on any atom is -0.369 e. The van der Waals surface area contributed by atoms with Crippen LogP contribution in [0.1, 0.15) is 55.8 Å². The van der Waals surface area contributed by atoms with Gasteiger partial charge in [0.15, 0.2) is 5.65 Å². The fourth-order valence-electron chi connectivity index (χ4n) is 3.94. The molecule has 7 nitrogen and oxygen atoms in total. The van der Waals surface area contributed by atoms with Crippen molar-refractivity contribution in [1.82, 2.24) is 19.9 Å². The Bertz CT molecular complexity index is 997. The van der Waals surface area contributed by atoms with Gasteiger partial charge in [-0.15, -0.1) is 5.10 Å². The number of aromatic nitrogens is 3. The van der Waals surface area contributed by atoms with Gasteiger partial charge in [0, 0.05) is 29.8 Å². The molecule has 7 heteroatoms. The second kappa shape index (κ2) is 9.26. The van der Waals surface area contributed by atoms with E-state index >= 15 is 0 Å². The molecule has 1 fully saturated rings. The molecule has 2 aromatic heterocycles. The lowest BCUT2D eigenvalue weighted by molar-refractivity contribution is 0.0921. The molecule has 1 aliphatic rings. The quantitative estimate of drug-likeness (QED) is 0.521. The molecule has 1 aliphatic carbocycles. The van der Waals surface area contributed by atoms with E-state index in [2.05, 4.69) is 27.6 Å². The number of rotatable bonds is 7. The average molecular weight is 407 g/mol. The first-order valence-corrected chi connectivity index (χ1v) is 10.9. The molecule has 158 valence electrons. The molecule has 4 rings (SSSR count). The Morgan fingerprint density at radius 1 is 1.17 bits per heavy atom. The first-order chi connectivity index (χ1) is 14.7. The first kappa shape index (κ1) is 20.3. The minimum absolute atomic E-state index is 0.0475. The van der Waals surface area contributed by atoms with Crippen molar-refractivity contribution in [2.75, 3.05) is 11.9 Å². The van der Waals surface area contributed by atoms with Crippen LogP contribution in [0.4, 0.5) is 5.82 Å². The number of amides is 1. The van der Waals surface area contributed by atoms with E-state index in [9.17, 15) is 4.79 Å². The first-order valence-electron chi connectivity index (χ1n) is 10.9. The Hall–Kier alpha value is -2.93. The van der Waals surface area contributed by atoms with E-state index < -0.39 is 0 Å². The summed E-state index contributed by atoms with van der Waals surface area (Å²) in [7, 11) is 0. The summed E-state index contributed by atoms with van der Waals surface area (Å²) < 4.78 is 1.84. The van der Waals surface area contributed by atoms with E-state index in [1.807, 2.05) is 47.1 Å². The van der Waals surface area contributed by atoms with Crippen molar-refractivity contribution in [3.05, 3.63) is 48.2 Å². The fraction of sp³-hybridized carbons (Fsp3) is 0.435. The number of nitrogens with two attached hydrogens (primary N) is 1. The zero-order valence-corrected chi connectivity index (χ0v) is 17.5. The average Bonchev–Trinajstić information content (AvgIpc) is 3.19. The molecule has 0 radical (unpaired) electrons. The van der Waals surface area contributed by atoms with Crippen molar-refractivity contribution in [1.29, 1.82) is 0 Å². The van der Waals surface area contributed by atoms with Crippen LogP contribution in [0.2, 0.25) is 0 Å². The van der Waals surface area contributed by atoms with Crippen LogP contribution in [-0.4, -0.2) is 39.1 Å². The second-order valence-corrected chi connectivity index (χ2v) is 8.02. The SMILES string of the molecule is CCCCNc1ccc2ncc(-c3ccc(C(=O)N[C@@H]4CCCC[C@@H]4N)cc3)n2n1. The number of carbonyl (C=O) groups is 1. The molecule has 4 N–H and O–H groups in total. The smallest absolute Gasteiger partial charge is 0.251 e. The number of benzene rings is 1. The molecular weight excluding hydrogens is 376 g/mol. The van der Waals surface area contributed by atoms with Gasteiger partial charge < -0.3 is 16.4 Å². The summed E-state index contributed by atoms with van der Waals surface area (Å²) in [5, 5.41) is 11.1. The summed E-state index contributed by atoms with van der Waals surface area (Å²) in [5.74, 6) is 0.762. The fourth-order valence-corrected chi connectivity index (χ4v) is 3.94. The summed E-state index contributed by atoms with van der Waals surface area (Å²) in [6.07, 6.45) is 8.24. The van der Waals surface area contributed by atoms with Crippen LogP contribution < -0.4 is 16.4 Å². The van der Waals surface area contributed by atoms with Gasteiger partial charge in [0.2, 0.25) is 0 Å². The number of anilines is 1. The van der Waals surface area contributed by atoms with Gasteiger partial charge in [-0.05, 0) is 43.5 Å². The van der Waals surface area contributed by atoms with Gasteiger partial charge in [-0.2, -0.15) is 0 Å². The molecule has 0 bridgehead atoms. The van der Waals surface area contributed by atoms with Crippen LogP contribution in [0.5, 0.6) is 0 Å². The standard InChI is InChI=1S/C23H30N6O/c1-2-3-14-25-21-12-13-22-26-15-20(29(22)28-21)16-8-10-17(11-9-16)23(30)27-19-7-5-4-6-18(19)24/h8-13,15,18-19H,2-7,14,24H2,1H3,(H,25,28)(H,27,30)/t18-,19+/m0/s1. The molecule has 3 aromatic rings. The number of nitrogens with zero attached hydrogens (tertiary/aromatic N) is 3. The predicted molar refractivity (Wildman–Crippen MR) is 120 cm³/mol. The topological polar surface area (TPSA) is 97.3 Å². The van der Waals surface area contributed by atoms with Crippen molar-refractivity contribution < 1.29 is 4.79 Å². The van der Waals surface area contributed by atoms with Gasteiger partial charge in [0.05, 0.1) is 11.9 Å². The highest BCUT2D eigenvalue weighted by molar-refractivity contribution is 5.94. The van der Waals surface area contributed by atoms with Gasteiger partial charge in [0.1, 0.15) is 5.82 Å². The van der Waals surface area contributed by atoms with E-state index in [-0.39, 0.29) is 18.0 Å². The van der Waals surface area contributed by atoms with E-state index in [4.69, 9.17) is 5.73 Å². The summed E-state index contributed by atoms with van der Waals surface area (Å²) in [4.78, 5) is 17.1. The van der Waals surface area contributed by atoms with Gasteiger partial charge in [0.25, 0.3) is 5.91 Å². The maximum atomic E-state index is 12.6. The zero-order chi connectivity index (χ0) is 20.9. The molecule has 1 saturated carbocycles. The Morgan fingerprint density at radius 2 is 1.97 bits per heavy atom. The van der Waals surface area contributed by atoms with Crippen LogP contribution in [0.25, 0.3) is 16.9 Å². The van der Waals surface area contributed by atoms with E-state index in [1.54, 1.807) is 0 Å². The number of fused-ring (bicyclic) bond motifs is 1. The third kappa shape index (κ3) is 4.46. The normalized spacial score (nSPS) is 19.0. The van der Waals surface area contributed by atoms with Crippen molar-refractivity contribution >= 4 is 17.4 Å². The van der Waals surface area contributed by atoms with Crippen molar-refractivity contribution in [2.24, 2.45) is 5.73 Å². The van der Waals surface area contributed by atoms with Crippen molar-refractivity contribution in [3.63, 3.8) is 0 Å². The van der Waals surface area contributed by atoms with Crippen LogP contribution in [-0.2, 0) is 0 Å². The Labute approximate surface area is 177 Å². The van der Waals surface area contributed by atoms with Gasteiger partial charge in [-0.1, -0.05) is 38.3 Å². The number of unbranched alkanes of at least 4 members (excludes halogenated alkanes) is 1. The third-order valence-electron chi connectivity index (χ3n) is 5.78. The number of nitrogens with one attached hydrogen (secondary N) is 2. The number of hydrogen-bond donors (Lipinski definition) is 3. The van der Waals surface area contributed by atoms with Gasteiger partial charge in [-0.3, -0.25) is 4.79 Å². The van der Waals surface area contributed by atoms with Crippen LogP contribution >= 0.6 is 0 Å². The van der Waals surface area contributed by atoms with Gasteiger partial charge in [-0.25, -0.2) is 9.50 Å².